The molecule has 0 N–H and O–H groups in total. The van der Waals surface area contributed by atoms with Gasteiger partial charge in [0, 0.05) is 6.42 Å². The number of alkyl halides is 3. The fraction of sp³-hybridized carbons (Fsp3) is 0.857. The van der Waals surface area contributed by atoms with Crippen LogP contribution in [-0.4, -0.2) is 10.1 Å². The highest BCUT2D eigenvalue weighted by Gasteiger charge is 2.17. The minimum atomic E-state index is -1.12. The van der Waals surface area contributed by atoms with E-state index in [2.05, 4.69) is 0 Å². The molecule has 0 aromatic carbocycles. The van der Waals surface area contributed by atoms with Crippen LogP contribution in [-0.2, 0) is 4.79 Å². The number of aldehydes is 1. The average Bonchev–Trinajstić information content (AvgIpc) is 1.85. The number of hydrogen-bond donors (Lipinski definition) is 0. The van der Waals surface area contributed by atoms with Crippen molar-refractivity contribution in [2.75, 3.05) is 0 Å². The van der Waals surface area contributed by atoms with Crippen molar-refractivity contribution in [1.29, 1.82) is 0 Å². The highest BCUT2D eigenvalue weighted by atomic mass is 35.6. The molecule has 1 nitrogen and oxygen atoms in total. The van der Waals surface area contributed by atoms with Gasteiger partial charge in [-0.3, -0.25) is 0 Å². The predicted octanol–water partition coefficient (Wildman–Crippen LogP) is 3.51. The summed E-state index contributed by atoms with van der Waals surface area (Å²) in [5.41, 5.74) is 0. The van der Waals surface area contributed by atoms with Crippen molar-refractivity contribution in [3.8, 4) is 0 Å². The van der Waals surface area contributed by atoms with Crippen molar-refractivity contribution in [3.63, 3.8) is 0 Å². The molecular formula is C7H11Cl3O. The monoisotopic (exact) mass is 216 g/mol. The van der Waals surface area contributed by atoms with Crippen molar-refractivity contribution in [1.82, 2.24) is 0 Å². The molecule has 0 spiro atoms. The topological polar surface area (TPSA) is 17.1 Å². The van der Waals surface area contributed by atoms with Gasteiger partial charge in [0.1, 0.15) is 6.29 Å². The summed E-state index contributed by atoms with van der Waals surface area (Å²) in [5, 5.41) is 0. The number of carbonyl (C=O) groups is 1. The summed E-state index contributed by atoms with van der Waals surface area (Å²) in [4.78, 5) is 9.89. The third-order valence-electron chi connectivity index (χ3n) is 1.28. The van der Waals surface area contributed by atoms with E-state index >= 15 is 0 Å². The molecule has 66 valence electrons. The summed E-state index contributed by atoms with van der Waals surface area (Å²) in [6.07, 6.45) is 4.80. The number of unbranched alkanes of at least 4 members (excludes halogenated alkanes) is 3. The van der Waals surface area contributed by atoms with Gasteiger partial charge in [-0.15, -0.1) is 0 Å². The summed E-state index contributed by atoms with van der Waals surface area (Å²) in [6, 6.07) is 0. The van der Waals surface area contributed by atoms with Gasteiger partial charge in [-0.05, 0) is 19.3 Å². The second-order valence-corrected chi connectivity index (χ2v) is 4.90. The van der Waals surface area contributed by atoms with E-state index in [0.29, 0.717) is 12.8 Å². The van der Waals surface area contributed by atoms with E-state index in [9.17, 15) is 4.79 Å². The third-order valence-corrected chi connectivity index (χ3v) is 1.85. The van der Waals surface area contributed by atoms with Gasteiger partial charge in [-0.1, -0.05) is 41.2 Å². The molecule has 0 aliphatic rings. The summed E-state index contributed by atoms with van der Waals surface area (Å²) < 4.78 is -1.12. The molecule has 0 unspecified atom stereocenters. The first-order valence-electron chi connectivity index (χ1n) is 3.56. The molecule has 0 aliphatic carbocycles. The molecule has 0 fully saturated rings. The van der Waals surface area contributed by atoms with E-state index in [1.54, 1.807) is 0 Å². The zero-order valence-corrected chi connectivity index (χ0v) is 8.42. The Morgan fingerprint density at radius 1 is 1.09 bits per heavy atom. The first kappa shape index (κ1) is 11.5. The Balaban J connectivity index is 3.08. The van der Waals surface area contributed by atoms with Gasteiger partial charge < -0.3 is 4.79 Å². The molecule has 0 saturated carbocycles. The van der Waals surface area contributed by atoms with Crippen molar-refractivity contribution < 1.29 is 4.79 Å². The van der Waals surface area contributed by atoms with Gasteiger partial charge in [0.15, 0.2) is 3.79 Å². The lowest BCUT2D eigenvalue weighted by atomic mass is 10.2. The average molecular weight is 218 g/mol. The lowest BCUT2D eigenvalue weighted by molar-refractivity contribution is -0.107. The third kappa shape index (κ3) is 10.5. The van der Waals surface area contributed by atoms with Crippen molar-refractivity contribution in [2.45, 2.75) is 35.9 Å². The van der Waals surface area contributed by atoms with Gasteiger partial charge >= 0.3 is 0 Å². The molecule has 0 aromatic heterocycles. The molecule has 0 aliphatic heterocycles. The lowest BCUT2D eigenvalue weighted by Gasteiger charge is -2.08. The Morgan fingerprint density at radius 3 is 2.18 bits per heavy atom. The van der Waals surface area contributed by atoms with E-state index < -0.39 is 3.79 Å². The van der Waals surface area contributed by atoms with Gasteiger partial charge in [-0.25, -0.2) is 0 Å². The maximum absolute atomic E-state index is 9.89. The molecule has 4 heteroatoms. The number of carbonyl (C=O) groups excluding carboxylic acids is 1. The highest BCUT2D eigenvalue weighted by Crippen LogP contribution is 2.31. The molecule has 11 heavy (non-hydrogen) atoms. The lowest BCUT2D eigenvalue weighted by Crippen LogP contribution is -2.00. The number of hydrogen-bond acceptors (Lipinski definition) is 1. The molecule has 0 radical (unpaired) electrons. The minimum absolute atomic E-state index is 0.566. The largest absolute Gasteiger partial charge is 0.303 e. The van der Waals surface area contributed by atoms with Crippen LogP contribution in [0, 0.1) is 0 Å². The van der Waals surface area contributed by atoms with E-state index in [1.807, 2.05) is 0 Å². The van der Waals surface area contributed by atoms with Crippen LogP contribution in [0.1, 0.15) is 32.1 Å². The zero-order valence-electron chi connectivity index (χ0n) is 6.16. The first-order valence-corrected chi connectivity index (χ1v) is 4.70. The zero-order chi connectivity index (χ0) is 8.74. The van der Waals surface area contributed by atoms with Gasteiger partial charge in [0.2, 0.25) is 0 Å². The second kappa shape index (κ2) is 6.10. The normalized spacial score (nSPS) is 11.5. The molecule has 0 rings (SSSR count). The van der Waals surface area contributed by atoms with Crippen LogP contribution in [0.5, 0.6) is 0 Å². The summed E-state index contributed by atoms with van der Waals surface area (Å²) in [6.45, 7) is 0. The predicted molar refractivity (Wildman–Crippen MR) is 49.4 cm³/mol. The summed E-state index contributed by atoms with van der Waals surface area (Å²) in [7, 11) is 0. The van der Waals surface area contributed by atoms with Gasteiger partial charge in [0.05, 0.1) is 0 Å². The van der Waals surface area contributed by atoms with Gasteiger partial charge in [0.25, 0.3) is 0 Å². The van der Waals surface area contributed by atoms with Crippen LogP contribution < -0.4 is 0 Å². The van der Waals surface area contributed by atoms with Crippen LogP contribution in [0.25, 0.3) is 0 Å². The van der Waals surface area contributed by atoms with Crippen LogP contribution in [0.2, 0.25) is 0 Å². The maximum atomic E-state index is 9.89. The number of rotatable bonds is 5. The standard InChI is InChI=1S/C7H11Cl3O/c8-7(9,10)5-3-1-2-4-6-11/h6H,1-5H2. The number of halogens is 3. The summed E-state index contributed by atoms with van der Waals surface area (Å²) in [5.74, 6) is 0. The van der Waals surface area contributed by atoms with Crippen LogP contribution in [0.4, 0.5) is 0 Å². The van der Waals surface area contributed by atoms with E-state index in [-0.39, 0.29) is 0 Å². The quantitative estimate of drug-likeness (QED) is 0.391. The molecule has 0 amide bonds. The Kier molecular flexibility index (Phi) is 6.40. The molecule has 0 aromatic rings. The Bertz CT molecular complexity index is 109. The Labute approximate surface area is 82.0 Å². The first-order chi connectivity index (χ1) is 5.06. The molecular weight excluding hydrogens is 206 g/mol. The SMILES string of the molecule is O=CCCCCCC(Cl)(Cl)Cl. The van der Waals surface area contributed by atoms with Crippen LogP contribution in [0.15, 0.2) is 0 Å². The van der Waals surface area contributed by atoms with Gasteiger partial charge in [-0.2, -0.15) is 0 Å². The van der Waals surface area contributed by atoms with E-state index in [0.717, 1.165) is 25.5 Å². The smallest absolute Gasteiger partial charge is 0.190 e. The Morgan fingerprint density at radius 2 is 1.73 bits per heavy atom. The molecule has 0 bridgehead atoms. The fourth-order valence-corrected chi connectivity index (χ4v) is 1.13. The van der Waals surface area contributed by atoms with Crippen molar-refractivity contribution >= 4 is 41.1 Å². The molecule has 0 atom stereocenters. The highest BCUT2D eigenvalue weighted by molar-refractivity contribution is 6.67. The van der Waals surface area contributed by atoms with Crippen LogP contribution >= 0.6 is 34.8 Å². The maximum Gasteiger partial charge on any atom is 0.190 e. The van der Waals surface area contributed by atoms with Crippen LogP contribution in [0.3, 0.4) is 0 Å². The fourth-order valence-electron chi connectivity index (χ4n) is 0.730. The van der Waals surface area contributed by atoms with Crippen molar-refractivity contribution in [2.24, 2.45) is 0 Å². The molecule has 0 saturated heterocycles. The Hall–Kier alpha value is 0.540. The summed E-state index contributed by atoms with van der Waals surface area (Å²) >= 11 is 16.5. The van der Waals surface area contributed by atoms with E-state index in [1.165, 1.54) is 0 Å². The van der Waals surface area contributed by atoms with E-state index in [4.69, 9.17) is 34.8 Å². The van der Waals surface area contributed by atoms with Crippen molar-refractivity contribution in [3.05, 3.63) is 0 Å². The minimum Gasteiger partial charge on any atom is -0.303 e. The second-order valence-electron chi connectivity index (χ2n) is 2.38. The molecule has 0 heterocycles.